The van der Waals surface area contributed by atoms with Gasteiger partial charge < -0.3 is 0 Å². The van der Waals surface area contributed by atoms with Gasteiger partial charge in [0.15, 0.2) is 0 Å². The molecule has 0 spiro atoms. The Balaban J connectivity index is 3.46. The van der Waals surface area contributed by atoms with Crippen molar-refractivity contribution < 1.29 is 4.92 Å². The molecule has 0 N–H and O–H groups in total. The molecule has 0 aliphatic rings. The highest BCUT2D eigenvalue weighted by Crippen LogP contribution is 2.30. The highest BCUT2D eigenvalue weighted by molar-refractivity contribution is 5.41. The maximum Gasteiger partial charge on any atom is 0.311 e. The Bertz CT molecular complexity index is 497. The molecule has 1 rings (SSSR count). The smallest absolute Gasteiger partial charge is 0.258 e. The number of hydrogen-bond acceptors (Lipinski definition) is 4. The molecule has 19 heavy (non-hydrogen) atoms. The van der Waals surface area contributed by atoms with Gasteiger partial charge in [0, 0.05) is 11.8 Å². The second-order valence-electron chi connectivity index (χ2n) is 7.17. The fraction of sp³-hybridized carbons (Fsp3) is 0.714. The van der Waals surface area contributed by atoms with Gasteiger partial charge in [-0.2, -0.15) is 0 Å². The molecule has 106 valence electrons. The van der Waals surface area contributed by atoms with E-state index in [9.17, 15) is 10.1 Å². The Morgan fingerprint density at radius 1 is 1.11 bits per heavy atom. The van der Waals surface area contributed by atoms with Crippen molar-refractivity contribution in [2.24, 2.45) is 5.41 Å². The molecule has 0 fully saturated rings. The van der Waals surface area contributed by atoms with Crippen molar-refractivity contribution in [2.75, 3.05) is 0 Å². The van der Waals surface area contributed by atoms with E-state index < -0.39 is 0 Å². The first-order chi connectivity index (χ1) is 8.42. The summed E-state index contributed by atoms with van der Waals surface area (Å²) >= 11 is 0. The molecule has 0 atom stereocenters. The zero-order valence-electron chi connectivity index (χ0n) is 12.9. The summed E-state index contributed by atoms with van der Waals surface area (Å²) < 4.78 is 0. The monoisotopic (exact) mass is 265 g/mol. The first kappa shape index (κ1) is 15.5. The van der Waals surface area contributed by atoms with Crippen LogP contribution >= 0.6 is 0 Å². The van der Waals surface area contributed by atoms with E-state index in [1.807, 2.05) is 41.5 Å². The molecule has 0 aliphatic carbocycles. The highest BCUT2D eigenvalue weighted by atomic mass is 16.6. The zero-order valence-corrected chi connectivity index (χ0v) is 12.9. The van der Waals surface area contributed by atoms with Gasteiger partial charge in [-0.05, 0) is 12.3 Å². The van der Waals surface area contributed by atoms with Crippen LogP contribution in [0.2, 0.25) is 0 Å². The summed E-state index contributed by atoms with van der Waals surface area (Å²) in [5.74, 6) is 0.662. The van der Waals surface area contributed by atoms with E-state index in [-0.39, 0.29) is 21.4 Å². The Hall–Kier alpha value is -1.52. The molecule has 5 nitrogen and oxygen atoms in total. The van der Waals surface area contributed by atoms with E-state index in [0.717, 1.165) is 0 Å². The molecule has 0 unspecified atom stereocenters. The quantitative estimate of drug-likeness (QED) is 0.605. The van der Waals surface area contributed by atoms with Crippen LogP contribution in [-0.2, 0) is 11.8 Å². The van der Waals surface area contributed by atoms with Gasteiger partial charge in [-0.15, -0.1) is 0 Å². The van der Waals surface area contributed by atoms with Crippen molar-refractivity contribution in [2.45, 2.75) is 60.3 Å². The largest absolute Gasteiger partial charge is 0.311 e. The van der Waals surface area contributed by atoms with E-state index in [1.165, 1.54) is 0 Å². The lowest BCUT2D eigenvalue weighted by molar-refractivity contribution is -0.387. The average molecular weight is 265 g/mol. The van der Waals surface area contributed by atoms with E-state index in [1.54, 1.807) is 6.92 Å². The summed E-state index contributed by atoms with van der Waals surface area (Å²) in [6.07, 6.45) is 0.565. The van der Waals surface area contributed by atoms with Crippen LogP contribution in [0.5, 0.6) is 0 Å². The van der Waals surface area contributed by atoms with Crippen LogP contribution in [0.3, 0.4) is 0 Å². The topological polar surface area (TPSA) is 68.9 Å². The summed E-state index contributed by atoms with van der Waals surface area (Å²) in [4.78, 5) is 19.6. The lowest BCUT2D eigenvalue weighted by Gasteiger charge is -2.21. The molecule has 1 heterocycles. The van der Waals surface area contributed by atoms with Gasteiger partial charge in [-0.3, -0.25) is 10.1 Å². The van der Waals surface area contributed by atoms with E-state index in [2.05, 4.69) is 9.97 Å². The Morgan fingerprint density at radius 3 is 2.00 bits per heavy atom. The van der Waals surface area contributed by atoms with Gasteiger partial charge in [0.25, 0.3) is 0 Å². The second-order valence-corrected chi connectivity index (χ2v) is 7.17. The number of nitro groups is 1. The maximum absolute atomic E-state index is 11.2. The summed E-state index contributed by atoms with van der Waals surface area (Å²) in [6.45, 7) is 13.8. The molecule has 0 saturated carbocycles. The Morgan fingerprint density at radius 2 is 1.63 bits per heavy atom. The van der Waals surface area contributed by atoms with Crippen LogP contribution in [0, 0.1) is 22.5 Å². The van der Waals surface area contributed by atoms with Crippen LogP contribution < -0.4 is 0 Å². The van der Waals surface area contributed by atoms with Gasteiger partial charge in [-0.25, -0.2) is 9.97 Å². The molecule has 0 aliphatic heterocycles. The molecule has 0 bridgehead atoms. The zero-order chi connectivity index (χ0) is 15.0. The van der Waals surface area contributed by atoms with Crippen molar-refractivity contribution in [1.82, 2.24) is 9.97 Å². The molecular formula is C14H23N3O2. The van der Waals surface area contributed by atoms with Crippen molar-refractivity contribution in [3.8, 4) is 0 Å². The number of hydrogen-bond donors (Lipinski definition) is 0. The number of aryl methyl sites for hydroxylation is 1. The summed E-state index contributed by atoms with van der Waals surface area (Å²) in [7, 11) is 0. The Labute approximate surface area is 114 Å². The molecule has 0 saturated heterocycles. The second kappa shape index (κ2) is 4.87. The lowest BCUT2D eigenvalue weighted by Crippen LogP contribution is -2.21. The molecule has 5 heteroatoms. The Kier molecular flexibility index (Phi) is 3.98. The third kappa shape index (κ3) is 3.98. The summed E-state index contributed by atoms with van der Waals surface area (Å²) in [5, 5.41) is 11.2. The van der Waals surface area contributed by atoms with Crippen LogP contribution in [0.1, 0.15) is 58.8 Å². The predicted molar refractivity (Wildman–Crippen MR) is 75.3 cm³/mol. The molecule has 0 radical (unpaired) electrons. The number of nitrogens with zero attached hydrogens (tertiary/aromatic N) is 3. The van der Waals surface area contributed by atoms with Gasteiger partial charge in [-0.1, -0.05) is 41.5 Å². The molecular weight excluding hydrogens is 242 g/mol. The first-order valence-corrected chi connectivity index (χ1v) is 6.44. The fourth-order valence-electron chi connectivity index (χ4n) is 1.82. The maximum atomic E-state index is 11.2. The molecule has 1 aromatic heterocycles. The molecule has 0 aromatic carbocycles. The summed E-state index contributed by atoms with van der Waals surface area (Å²) in [5.41, 5.74) is 0.773. The van der Waals surface area contributed by atoms with Gasteiger partial charge in [0.05, 0.1) is 4.92 Å². The average Bonchev–Trinajstić information content (AvgIpc) is 2.11. The van der Waals surface area contributed by atoms with Gasteiger partial charge in [0.2, 0.25) is 0 Å². The summed E-state index contributed by atoms with van der Waals surface area (Å²) in [6, 6.07) is 0. The van der Waals surface area contributed by atoms with E-state index >= 15 is 0 Å². The van der Waals surface area contributed by atoms with E-state index in [4.69, 9.17) is 0 Å². The third-order valence-corrected chi connectivity index (χ3v) is 2.68. The van der Waals surface area contributed by atoms with Crippen molar-refractivity contribution in [3.63, 3.8) is 0 Å². The third-order valence-electron chi connectivity index (χ3n) is 2.68. The van der Waals surface area contributed by atoms with Crippen molar-refractivity contribution in [3.05, 3.63) is 27.3 Å². The van der Waals surface area contributed by atoms with Crippen LogP contribution in [-0.4, -0.2) is 14.9 Å². The molecule has 1 aromatic rings. The minimum Gasteiger partial charge on any atom is -0.258 e. The standard InChI is InChI=1S/C14H23N3O2/c1-9-11(17(18)19)10(8-13(2,3)4)16-12(15-9)14(5,6)7/h8H2,1-7H3. The lowest BCUT2D eigenvalue weighted by atomic mass is 9.89. The fourth-order valence-corrected chi connectivity index (χ4v) is 1.82. The minimum absolute atomic E-state index is 0.0549. The van der Waals surface area contributed by atoms with E-state index in [0.29, 0.717) is 23.6 Å². The number of aromatic nitrogens is 2. The van der Waals surface area contributed by atoms with Gasteiger partial charge in [0.1, 0.15) is 17.2 Å². The van der Waals surface area contributed by atoms with Crippen LogP contribution in [0.4, 0.5) is 5.69 Å². The van der Waals surface area contributed by atoms with Gasteiger partial charge >= 0.3 is 5.69 Å². The van der Waals surface area contributed by atoms with Crippen LogP contribution in [0.25, 0.3) is 0 Å². The van der Waals surface area contributed by atoms with Crippen molar-refractivity contribution >= 4 is 5.69 Å². The minimum atomic E-state index is -0.372. The number of rotatable bonds is 2. The highest BCUT2D eigenvalue weighted by Gasteiger charge is 2.28. The normalized spacial score (nSPS) is 12.6. The van der Waals surface area contributed by atoms with Crippen LogP contribution in [0.15, 0.2) is 0 Å². The first-order valence-electron chi connectivity index (χ1n) is 6.44. The van der Waals surface area contributed by atoms with Crippen molar-refractivity contribution in [1.29, 1.82) is 0 Å². The molecule has 0 amide bonds. The predicted octanol–water partition coefficient (Wildman–Crippen LogP) is 3.58. The SMILES string of the molecule is Cc1nc(C(C)(C)C)nc(CC(C)(C)C)c1[N+](=O)[O-].